The Labute approximate surface area is 106 Å². The first-order valence-corrected chi connectivity index (χ1v) is 6.31. The summed E-state index contributed by atoms with van der Waals surface area (Å²) in [5.74, 6) is 0. The van der Waals surface area contributed by atoms with Gasteiger partial charge in [-0.2, -0.15) is 0 Å². The highest BCUT2D eigenvalue weighted by Crippen LogP contribution is 2.35. The molecule has 0 atom stereocenters. The molecule has 1 heterocycles. The van der Waals surface area contributed by atoms with Gasteiger partial charge in [0.05, 0.1) is 25.2 Å². The fourth-order valence-electron chi connectivity index (χ4n) is 2.12. The van der Waals surface area contributed by atoms with Crippen molar-refractivity contribution in [1.29, 1.82) is 0 Å². The number of aromatic nitrogens is 2. The van der Waals surface area contributed by atoms with Crippen LogP contribution in [0.4, 0.5) is 5.69 Å². The minimum absolute atomic E-state index is 0.0789. The molecule has 18 heavy (non-hydrogen) atoms. The molecule has 2 N–H and O–H groups in total. The van der Waals surface area contributed by atoms with E-state index in [4.69, 9.17) is 5.11 Å². The van der Waals surface area contributed by atoms with Gasteiger partial charge in [0.2, 0.25) is 0 Å². The summed E-state index contributed by atoms with van der Waals surface area (Å²) in [5.41, 5.74) is 3.17. The van der Waals surface area contributed by atoms with Crippen LogP contribution in [0.5, 0.6) is 0 Å². The van der Waals surface area contributed by atoms with Crippen molar-refractivity contribution in [1.82, 2.24) is 9.55 Å². The van der Waals surface area contributed by atoms with Crippen LogP contribution in [0.25, 0.3) is 0 Å². The number of hydrogen-bond acceptors (Lipinski definition) is 3. The topological polar surface area (TPSA) is 50.1 Å². The minimum atomic E-state index is 0.0789. The van der Waals surface area contributed by atoms with Gasteiger partial charge in [0.15, 0.2) is 0 Å². The molecule has 2 aromatic rings. The molecule has 1 aromatic carbocycles. The number of nitrogens with one attached hydrogen (secondary N) is 1. The second-order valence-electron chi connectivity index (χ2n) is 4.74. The molecule has 94 valence electrons. The van der Waals surface area contributed by atoms with Gasteiger partial charge in [0.1, 0.15) is 0 Å². The van der Waals surface area contributed by atoms with Crippen LogP contribution in [-0.2, 0) is 13.2 Å². The zero-order chi connectivity index (χ0) is 12.4. The van der Waals surface area contributed by atoms with E-state index in [1.807, 2.05) is 36.8 Å². The largest absolute Gasteiger partial charge is 0.392 e. The molecule has 1 fully saturated rings. The van der Waals surface area contributed by atoms with Gasteiger partial charge in [-0.15, -0.1) is 0 Å². The number of hydrogen-bond donors (Lipinski definition) is 2. The Morgan fingerprint density at radius 3 is 3.06 bits per heavy atom. The summed E-state index contributed by atoms with van der Waals surface area (Å²) in [6, 6.07) is 8.51. The van der Waals surface area contributed by atoms with Crippen LogP contribution >= 0.6 is 0 Å². The van der Waals surface area contributed by atoms with E-state index in [1.54, 1.807) is 0 Å². The van der Waals surface area contributed by atoms with Gasteiger partial charge >= 0.3 is 0 Å². The Bertz CT molecular complexity index is 531. The van der Waals surface area contributed by atoms with E-state index in [9.17, 15) is 0 Å². The molecule has 1 aliphatic carbocycles. The first kappa shape index (κ1) is 11.3. The van der Waals surface area contributed by atoms with Gasteiger partial charge in [-0.25, -0.2) is 4.98 Å². The lowest BCUT2D eigenvalue weighted by Gasteiger charge is -2.09. The molecule has 0 radical (unpaired) electrons. The van der Waals surface area contributed by atoms with Crippen molar-refractivity contribution in [3.05, 3.63) is 48.0 Å². The van der Waals surface area contributed by atoms with Crippen molar-refractivity contribution < 1.29 is 5.11 Å². The number of rotatable bonds is 5. The maximum atomic E-state index is 9.10. The van der Waals surface area contributed by atoms with Crippen molar-refractivity contribution in [3.8, 4) is 0 Å². The van der Waals surface area contributed by atoms with Gasteiger partial charge < -0.3 is 15.0 Å². The highest BCUT2D eigenvalue weighted by molar-refractivity contribution is 5.45. The molecule has 1 aliphatic rings. The Morgan fingerprint density at radius 2 is 2.28 bits per heavy atom. The summed E-state index contributed by atoms with van der Waals surface area (Å²) in [7, 11) is 0. The van der Waals surface area contributed by atoms with E-state index in [2.05, 4.69) is 14.9 Å². The average Bonchev–Trinajstić information content (AvgIpc) is 3.15. The first-order valence-electron chi connectivity index (χ1n) is 6.31. The molecule has 0 saturated heterocycles. The van der Waals surface area contributed by atoms with Crippen molar-refractivity contribution in [3.63, 3.8) is 0 Å². The molecule has 1 saturated carbocycles. The van der Waals surface area contributed by atoms with Crippen molar-refractivity contribution >= 4 is 5.69 Å². The third kappa shape index (κ3) is 2.38. The second-order valence-corrected chi connectivity index (χ2v) is 4.74. The zero-order valence-electron chi connectivity index (χ0n) is 10.2. The van der Waals surface area contributed by atoms with E-state index < -0.39 is 0 Å². The smallest absolute Gasteiger partial charge is 0.0951 e. The standard InChI is InChI=1S/C14H17N3O/c18-9-11-2-1-3-12(6-11)16-8-14-7-15-10-17(14)13-4-5-13/h1-3,6-7,10,13,16,18H,4-5,8-9H2. The van der Waals surface area contributed by atoms with Crippen LogP contribution in [-0.4, -0.2) is 14.7 Å². The van der Waals surface area contributed by atoms with Gasteiger partial charge in [-0.1, -0.05) is 12.1 Å². The molecule has 0 unspecified atom stereocenters. The minimum Gasteiger partial charge on any atom is -0.392 e. The van der Waals surface area contributed by atoms with Crippen LogP contribution < -0.4 is 5.32 Å². The molecule has 0 bridgehead atoms. The summed E-state index contributed by atoms with van der Waals surface area (Å²) in [6.07, 6.45) is 6.37. The van der Waals surface area contributed by atoms with E-state index in [-0.39, 0.29) is 6.61 Å². The summed E-state index contributed by atoms with van der Waals surface area (Å²) >= 11 is 0. The number of benzene rings is 1. The van der Waals surface area contributed by atoms with E-state index in [0.29, 0.717) is 6.04 Å². The Morgan fingerprint density at radius 1 is 1.39 bits per heavy atom. The normalized spacial score (nSPS) is 14.7. The summed E-state index contributed by atoms with van der Waals surface area (Å²) < 4.78 is 2.25. The third-order valence-corrected chi connectivity index (χ3v) is 3.27. The van der Waals surface area contributed by atoms with Crippen molar-refractivity contribution in [2.45, 2.75) is 32.0 Å². The average molecular weight is 243 g/mol. The predicted molar refractivity (Wildman–Crippen MR) is 70.2 cm³/mol. The second kappa shape index (κ2) is 4.82. The number of anilines is 1. The van der Waals surface area contributed by atoms with Crippen molar-refractivity contribution in [2.75, 3.05) is 5.32 Å². The van der Waals surface area contributed by atoms with E-state index in [1.165, 1.54) is 18.5 Å². The molecule has 4 heteroatoms. The molecule has 0 aliphatic heterocycles. The SMILES string of the molecule is OCc1cccc(NCc2cncn2C2CC2)c1. The lowest BCUT2D eigenvalue weighted by molar-refractivity contribution is 0.282. The number of imidazole rings is 1. The van der Waals surface area contributed by atoms with Crippen LogP contribution in [0.3, 0.4) is 0 Å². The molecule has 3 rings (SSSR count). The molecular weight excluding hydrogens is 226 g/mol. The highest BCUT2D eigenvalue weighted by atomic mass is 16.3. The lowest BCUT2D eigenvalue weighted by Crippen LogP contribution is -2.06. The fourth-order valence-corrected chi connectivity index (χ4v) is 2.12. The van der Waals surface area contributed by atoms with Crippen LogP contribution in [0.1, 0.15) is 30.1 Å². The first-order chi connectivity index (χ1) is 8.86. The third-order valence-electron chi connectivity index (χ3n) is 3.27. The molecule has 4 nitrogen and oxygen atoms in total. The number of nitrogens with zero attached hydrogens (tertiary/aromatic N) is 2. The Balaban J connectivity index is 1.67. The van der Waals surface area contributed by atoms with Gasteiger partial charge in [-0.05, 0) is 30.5 Å². The van der Waals surface area contributed by atoms with Gasteiger partial charge in [0.25, 0.3) is 0 Å². The van der Waals surface area contributed by atoms with Gasteiger partial charge in [-0.3, -0.25) is 0 Å². The quantitative estimate of drug-likeness (QED) is 0.847. The summed E-state index contributed by atoms with van der Waals surface area (Å²) in [6.45, 7) is 0.848. The van der Waals surface area contributed by atoms with Crippen LogP contribution in [0, 0.1) is 0 Å². The van der Waals surface area contributed by atoms with E-state index in [0.717, 1.165) is 17.8 Å². The monoisotopic (exact) mass is 243 g/mol. The predicted octanol–water partition coefficient (Wildman–Crippen LogP) is 2.32. The fraction of sp³-hybridized carbons (Fsp3) is 0.357. The molecular formula is C14H17N3O. The maximum Gasteiger partial charge on any atom is 0.0951 e. The maximum absolute atomic E-state index is 9.10. The molecule has 0 spiro atoms. The molecule has 0 amide bonds. The van der Waals surface area contributed by atoms with E-state index >= 15 is 0 Å². The lowest BCUT2D eigenvalue weighted by atomic mass is 10.2. The zero-order valence-corrected chi connectivity index (χ0v) is 10.2. The van der Waals surface area contributed by atoms with Crippen LogP contribution in [0.15, 0.2) is 36.8 Å². The summed E-state index contributed by atoms with van der Waals surface area (Å²) in [5, 5.41) is 12.5. The van der Waals surface area contributed by atoms with Crippen LogP contribution in [0.2, 0.25) is 0 Å². The van der Waals surface area contributed by atoms with Crippen molar-refractivity contribution in [2.24, 2.45) is 0 Å². The summed E-state index contributed by atoms with van der Waals surface area (Å²) in [4.78, 5) is 4.21. The van der Waals surface area contributed by atoms with Gasteiger partial charge in [0, 0.05) is 17.9 Å². The Hall–Kier alpha value is -1.81. The highest BCUT2D eigenvalue weighted by Gasteiger charge is 2.24. The Kier molecular flexibility index (Phi) is 3.02. The number of aliphatic hydroxyl groups excluding tert-OH is 1. The molecule has 1 aromatic heterocycles. The number of aliphatic hydroxyl groups is 1.